The minimum absolute atomic E-state index is 0.0593. The zero-order valence-corrected chi connectivity index (χ0v) is 11.1. The molecule has 3 nitrogen and oxygen atoms in total. The van der Waals surface area contributed by atoms with Gasteiger partial charge in [0.1, 0.15) is 0 Å². The lowest BCUT2D eigenvalue weighted by Gasteiger charge is -2.28. The maximum atomic E-state index is 6.45. The van der Waals surface area contributed by atoms with Gasteiger partial charge in [0.05, 0.1) is 5.69 Å². The summed E-state index contributed by atoms with van der Waals surface area (Å²) in [5.41, 5.74) is 8.72. The summed E-state index contributed by atoms with van der Waals surface area (Å²) in [5, 5.41) is 4.37. The first-order valence-corrected chi connectivity index (χ1v) is 6.29. The van der Waals surface area contributed by atoms with Gasteiger partial charge >= 0.3 is 0 Å². The van der Waals surface area contributed by atoms with Crippen molar-refractivity contribution in [3.63, 3.8) is 0 Å². The van der Waals surface area contributed by atoms with Gasteiger partial charge in [-0.3, -0.25) is 4.68 Å². The van der Waals surface area contributed by atoms with E-state index in [0.717, 1.165) is 25.0 Å². The molecular formula is C13H25N3. The summed E-state index contributed by atoms with van der Waals surface area (Å²) in [4.78, 5) is 0. The molecule has 1 aromatic rings. The maximum absolute atomic E-state index is 6.45. The topological polar surface area (TPSA) is 43.8 Å². The van der Waals surface area contributed by atoms with E-state index in [1.807, 2.05) is 18.7 Å². The van der Waals surface area contributed by atoms with Crippen LogP contribution in [0.1, 0.15) is 50.9 Å². The van der Waals surface area contributed by atoms with Crippen molar-refractivity contribution in [2.45, 2.75) is 58.4 Å². The largest absolute Gasteiger partial charge is 0.325 e. The second-order valence-electron chi connectivity index (χ2n) is 4.90. The fraction of sp³-hybridized carbons (Fsp3) is 0.769. The molecule has 0 aliphatic carbocycles. The zero-order valence-electron chi connectivity index (χ0n) is 11.1. The molecule has 0 fully saturated rings. The predicted molar refractivity (Wildman–Crippen MR) is 68.4 cm³/mol. The molecule has 0 bridgehead atoms. The number of hydrogen-bond donors (Lipinski definition) is 1. The van der Waals surface area contributed by atoms with Crippen molar-refractivity contribution in [1.29, 1.82) is 0 Å². The third kappa shape index (κ3) is 3.34. The summed E-state index contributed by atoms with van der Waals surface area (Å²) < 4.78 is 1.96. The van der Waals surface area contributed by atoms with Crippen molar-refractivity contribution in [1.82, 2.24) is 9.78 Å². The number of aryl methyl sites for hydroxylation is 2. The Kier molecular flexibility index (Phi) is 4.54. The van der Waals surface area contributed by atoms with Crippen molar-refractivity contribution in [3.05, 3.63) is 17.5 Å². The molecule has 92 valence electrons. The summed E-state index contributed by atoms with van der Waals surface area (Å²) >= 11 is 0. The molecule has 1 heterocycles. The fourth-order valence-electron chi connectivity index (χ4n) is 2.11. The average molecular weight is 223 g/mol. The molecule has 0 saturated heterocycles. The monoisotopic (exact) mass is 223 g/mol. The van der Waals surface area contributed by atoms with Gasteiger partial charge in [0.15, 0.2) is 0 Å². The fourth-order valence-corrected chi connectivity index (χ4v) is 2.11. The SMILES string of the molecule is CCCCC(N)(CC)Cc1cc(C)nn1C. The van der Waals surface area contributed by atoms with E-state index in [0.29, 0.717) is 0 Å². The highest BCUT2D eigenvalue weighted by Gasteiger charge is 2.24. The summed E-state index contributed by atoms with van der Waals surface area (Å²) in [6.45, 7) is 6.42. The standard InChI is InChI=1S/C13H25N3/c1-5-7-8-13(14,6-2)10-12-9-11(3)15-16(12)4/h9H,5-8,10,14H2,1-4H3. The van der Waals surface area contributed by atoms with Crippen molar-refractivity contribution in [2.75, 3.05) is 0 Å². The van der Waals surface area contributed by atoms with Crippen LogP contribution in [-0.4, -0.2) is 15.3 Å². The Morgan fingerprint density at radius 2 is 2.12 bits per heavy atom. The number of hydrogen-bond acceptors (Lipinski definition) is 2. The van der Waals surface area contributed by atoms with Crippen LogP contribution in [0.4, 0.5) is 0 Å². The zero-order chi connectivity index (χ0) is 12.2. The summed E-state index contributed by atoms with van der Waals surface area (Å²) in [6, 6.07) is 2.14. The Balaban J connectivity index is 2.72. The average Bonchev–Trinajstić information content (AvgIpc) is 2.54. The lowest BCUT2D eigenvalue weighted by molar-refractivity contribution is 0.357. The number of nitrogens with zero attached hydrogens (tertiary/aromatic N) is 2. The van der Waals surface area contributed by atoms with Crippen LogP contribution in [-0.2, 0) is 13.5 Å². The second-order valence-corrected chi connectivity index (χ2v) is 4.90. The Bertz CT molecular complexity index is 330. The van der Waals surface area contributed by atoms with Crippen molar-refractivity contribution in [2.24, 2.45) is 12.8 Å². The van der Waals surface area contributed by atoms with Gasteiger partial charge in [-0.15, -0.1) is 0 Å². The first-order valence-electron chi connectivity index (χ1n) is 6.29. The summed E-state index contributed by atoms with van der Waals surface area (Å²) in [7, 11) is 2.00. The van der Waals surface area contributed by atoms with Crippen LogP contribution < -0.4 is 5.73 Å². The number of aromatic nitrogens is 2. The molecule has 1 unspecified atom stereocenters. The van der Waals surface area contributed by atoms with E-state index in [9.17, 15) is 0 Å². The van der Waals surface area contributed by atoms with E-state index in [1.165, 1.54) is 18.5 Å². The molecule has 3 heteroatoms. The Labute approximate surface area is 99.0 Å². The summed E-state index contributed by atoms with van der Waals surface area (Å²) in [6.07, 6.45) is 5.48. The van der Waals surface area contributed by atoms with Crippen LogP contribution in [0, 0.1) is 6.92 Å². The number of nitrogens with two attached hydrogens (primary N) is 1. The number of unbranched alkanes of at least 4 members (excludes halogenated alkanes) is 1. The minimum atomic E-state index is -0.0593. The van der Waals surface area contributed by atoms with Gasteiger partial charge in [-0.2, -0.15) is 5.10 Å². The van der Waals surface area contributed by atoms with E-state index in [2.05, 4.69) is 25.0 Å². The molecule has 16 heavy (non-hydrogen) atoms. The highest BCUT2D eigenvalue weighted by molar-refractivity contribution is 5.12. The van der Waals surface area contributed by atoms with Crippen molar-refractivity contribution in [3.8, 4) is 0 Å². The van der Waals surface area contributed by atoms with Gasteiger partial charge in [0.2, 0.25) is 0 Å². The third-order valence-corrected chi connectivity index (χ3v) is 3.36. The van der Waals surface area contributed by atoms with Gasteiger partial charge in [-0.1, -0.05) is 26.7 Å². The van der Waals surface area contributed by atoms with Gasteiger partial charge in [-0.25, -0.2) is 0 Å². The molecule has 1 aromatic heterocycles. The first kappa shape index (κ1) is 13.2. The van der Waals surface area contributed by atoms with E-state index in [-0.39, 0.29) is 5.54 Å². The van der Waals surface area contributed by atoms with Crippen LogP contribution in [0.5, 0.6) is 0 Å². The molecule has 0 radical (unpaired) electrons. The van der Waals surface area contributed by atoms with Crippen molar-refractivity contribution >= 4 is 0 Å². The predicted octanol–water partition coefficient (Wildman–Crippen LogP) is 2.57. The van der Waals surface area contributed by atoms with Crippen molar-refractivity contribution < 1.29 is 0 Å². The van der Waals surface area contributed by atoms with E-state index < -0.39 is 0 Å². The molecule has 0 aliphatic heterocycles. The smallest absolute Gasteiger partial charge is 0.0596 e. The van der Waals surface area contributed by atoms with Crippen LogP contribution in [0.25, 0.3) is 0 Å². The van der Waals surface area contributed by atoms with Gasteiger partial charge < -0.3 is 5.73 Å². The van der Waals surface area contributed by atoms with Crippen LogP contribution in [0.2, 0.25) is 0 Å². The normalized spacial score (nSPS) is 15.1. The third-order valence-electron chi connectivity index (χ3n) is 3.36. The quantitative estimate of drug-likeness (QED) is 0.805. The van der Waals surface area contributed by atoms with E-state index in [4.69, 9.17) is 5.73 Å². The lowest BCUT2D eigenvalue weighted by atomic mass is 9.86. The lowest BCUT2D eigenvalue weighted by Crippen LogP contribution is -2.41. The number of rotatable bonds is 6. The molecule has 2 N–H and O–H groups in total. The summed E-state index contributed by atoms with van der Waals surface area (Å²) in [5.74, 6) is 0. The molecule has 0 aromatic carbocycles. The van der Waals surface area contributed by atoms with Gasteiger partial charge in [-0.05, 0) is 25.8 Å². The van der Waals surface area contributed by atoms with Gasteiger partial charge in [0, 0.05) is 24.7 Å². The van der Waals surface area contributed by atoms with Crippen LogP contribution in [0.15, 0.2) is 6.07 Å². The second kappa shape index (κ2) is 5.48. The first-order chi connectivity index (χ1) is 7.50. The molecule has 1 atom stereocenters. The van der Waals surface area contributed by atoms with E-state index >= 15 is 0 Å². The van der Waals surface area contributed by atoms with Crippen LogP contribution in [0.3, 0.4) is 0 Å². The highest BCUT2D eigenvalue weighted by atomic mass is 15.3. The molecule has 0 amide bonds. The van der Waals surface area contributed by atoms with Crippen LogP contribution >= 0.6 is 0 Å². The molecule has 0 saturated carbocycles. The molecule has 0 aliphatic rings. The minimum Gasteiger partial charge on any atom is -0.325 e. The Hall–Kier alpha value is -0.830. The molecule has 0 spiro atoms. The molecular weight excluding hydrogens is 198 g/mol. The highest BCUT2D eigenvalue weighted by Crippen LogP contribution is 2.21. The maximum Gasteiger partial charge on any atom is 0.0596 e. The Morgan fingerprint density at radius 3 is 2.56 bits per heavy atom. The molecule has 1 rings (SSSR count). The van der Waals surface area contributed by atoms with E-state index in [1.54, 1.807) is 0 Å². The van der Waals surface area contributed by atoms with Gasteiger partial charge in [0.25, 0.3) is 0 Å². The Morgan fingerprint density at radius 1 is 1.44 bits per heavy atom.